The van der Waals surface area contributed by atoms with Crippen LogP contribution in [0.3, 0.4) is 0 Å². The Bertz CT molecular complexity index is 407. The van der Waals surface area contributed by atoms with Crippen LogP contribution >= 0.6 is 11.8 Å². The van der Waals surface area contributed by atoms with E-state index in [0.717, 1.165) is 24.6 Å². The zero-order valence-corrected chi connectivity index (χ0v) is 11.3. The Hall–Kier alpha value is -1.77. The molecule has 19 heavy (non-hydrogen) atoms. The first kappa shape index (κ1) is 15.3. The molecule has 1 rings (SSSR count). The number of nitrogens with one attached hydrogen (secondary N) is 1. The number of nitrogens with two attached hydrogens (primary N) is 3. The number of likely N-dealkylation sites (tertiary alicyclic amines) is 1. The summed E-state index contributed by atoms with van der Waals surface area (Å²) in [6.07, 6.45) is 1.48. The van der Waals surface area contributed by atoms with Gasteiger partial charge in [0.15, 0.2) is 11.1 Å². The molecule has 1 unspecified atom stereocenters. The third kappa shape index (κ3) is 5.16. The van der Waals surface area contributed by atoms with Gasteiger partial charge in [-0.2, -0.15) is 4.99 Å². The number of primary amides is 1. The molecule has 0 bridgehead atoms. The normalized spacial score (nSPS) is 18.7. The fourth-order valence-electron chi connectivity index (χ4n) is 1.81. The van der Waals surface area contributed by atoms with E-state index in [0.29, 0.717) is 13.1 Å². The van der Waals surface area contributed by atoms with Gasteiger partial charge in [-0.05, 0) is 12.8 Å². The third-order valence-corrected chi connectivity index (χ3v) is 3.50. The summed E-state index contributed by atoms with van der Waals surface area (Å²) in [5, 5.41) is 7.29. The molecule has 106 valence electrons. The van der Waals surface area contributed by atoms with Gasteiger partial charge in [-0.3, -0.25) is 15.0 Å². The van der Waals surface area contributed by atoms with Gasteiger partial charge >= 0.3 is 0 Å². The number of hydrogen-bond donors (Lipinski definition) is 4. The van der Waals surface area contributed by atoms with Crippen molar-refractivity contribution < 1.29 is 9.59 Å². The minimum Gasteiger partial charge on any atom is -0.370 e. The summed E-state index contributed by atoms with van der Waals surface area (Å²) >= 11 is 0.945. The maximum Gasteiger partial charge on any atom is 0.233 e. The number of aliphatic imine (C=N–C) groups is 1. The van der Waals surface area contributed by atoms with Crippen LogP contribution in [0.25, 0.3) is 0 Å². The summed E-state index contributed by atoms with van der Waals surface area (Å²) in [5.41, 5.74) is 15.5. The highest BCUT2D eigenvalue weighted by Crippen LogP contribution is 2.17. The number of rotatable bonds is 3. The lowest BCUT2D eigenvalue weighted by Crippen LogP contribution is -2.44. The Labute approximate surface area is 115 Å². The molecule has 1 aliphatic heterocycles. The highest BCUT2D eigenvalue weighted by molar-refractivity contribution is 8.14. The molecule has 9 heteroatoms. The van der Waals surface area contributed by atoms with E-state index in [9.17, 15) is 9.59 Å². The van der Waals surface area contributed by atoms with Gasteiger partial charge in [-0.1, -0.05) is 11.8 Å². The molecule has 1 aliphatic rings. The van der Waals surface area contributed by atoms with Gasteiger partial charge in [0, 0.05) is 13.1 Å². The molecule has 1 saturated heterocycles. The molecule has 1 atom stereocenters. The molecule has 0 aromatic rings. The molecular weight excluding hydrogens is 268 g/mol. The van der Waals surface area contributed by atoms with Crippen LogP contribution in [0, 0.1) is 11.3 Å². The average Bonchev–Trinajstić information content (AvgIpc) is 2.35. The van der Waals surface area contributed by atoms with Gasteiger partial charge in [-0.25, -0.2) is 0 Å². The zero-order chi connectivity index (χ0) is 14.4. The van der Waals surface area contributed by atoms with Gasteiger partial charge in [-0.15, -0.1) is 0 Å². The van der Waals surface area contributed by atoms with Gasteiger partial charge in [0.1, 0.15) is 0 Å². The molecule has 0 aromatic heterocycles. The molecule has 8 nitrogen and oxygen atoms in total. The monoisotopic (exact) mass is 286 g/mol. The maximum absolute atomic E-state index is 11.9. The Morgan fingerprint density at radius 3 is 2.63 bits per heavy atom. The van der Waals surface area contributed by atoms with Crippen LogP contribution in [0.1, 0.15) is 12.8 Å². The number of nitrogens with zero attached hydrogens (tertiary/aromatic N) is 2. The topological polar surface area (TPSA) is 152 Å². The molecular formula is C10H18N6O2S. The van der Waals surface area contributed by atoms with Crippen LogP contribution in [0.4, 0.5) is 0 Å². The van der Waals surface area contributed by atoms with Crippen molar-refractivity contribution in [2.24, 2.45) is 28.1 Å². The van der Waals surface area contributed by atoms with Gasteiger partial charge in [0.2, 0.25) is 11.8 Å². The number of thioether (sulfide) groups is 1. The molecule has 0 aliphatic carbocycles. The van der Waals surface area contributed by atoms with E-state index in [1.54, 1.807) is 4.90 Å². The fourth-order valence-corrected chi connectivity index (χ4v) is 2.42. The third-order valence-electron chi connectivity index (χ3n) is 2.74. The molecule has 7 N–H and O–H groups in total. The first-order valence-corrected chi connectivity index (χ1v) is 6.76. The van der Waals surface area contributed by atoms with Crippen LogP contribution in [-0.2, 0) is 9.59 Å². The molecule has 0 aromatic carbocycles. The van der Waals surface area contributed by atoms with E-state index in [1.807, 2.05) is 0 Å². The van der Waals surface area contributed by atoms with E-state index in [-0.39, 0.29) is 34.6 Å². The molecule has 2 amide bonds. The number of piperidine rings is 1. The smallest absolute Gasteiger partial charge is 0.233 e. The second-order valence-corrected chi connectivity index (χ2v) is 5.18. The van der Waals surface area contributed by atoms with Crippen LogP contribution < -0.4 is 17.2 Å². The SMILES string of the molecule is N=C(N=C(N)N)SCC(=O)N1CCCC(C(N)=O)C1. The van der Waals surface area contributed by atoms with Crippen LogP contribution in [-0.4, -0.2) is 46.7 Å². The van der Waals surface area contributed by atoms with Gasteiger partial charge in [0.05, 0.1) is 11.7 Å². The fraction of sp³-hybridized carbons (Fsp3) is 0.600. The molecule has 1 heterocycles. The lowest BCUT2D eigenvalue weighted by atomic mass is 9.97. The Morgan fingerprint density at radius 1 is 1.37 bits per heavy atom. The molecule has 1 fully saturated rings. The maximum atomic E-state index is 11.9. The van der Waals surface area contributed by atoms with E-state index >= 15 is 0 Å². The highest BCUT2D eigenvalue weighted by Gasteiger charge is 2.26. The Morgan fingerprint density at radius 2 is 2.05 bits per heavy atom. The summed E-state index contributed by atoms with van der Waals surface area (Å²) in [7, 11) is 0. The van der Waals surface area contributed by atoms with Crippen molar-refractivity contribution in [1.29, 1.82) is 5.41 Å². The molecule has 0 spiro atoms. The molecule has 0 saturated carbocycles. The summed E-state index contributed by atoms with van der Waals surface area (Å²) in [6.45, 7) is 0.961. The van der Waals surface area contributed by atoms with Gasteiger partial charge in [0.25, 0.3) is 0 Å². The van der Waals surface area contributed by atoms with E-state index in [2.05, 4.69) is 4.99 Å². The predicted octanol–water partition coefficient (Wildman–Crippen LogP) is -1.35. The number of carbonyl (C=O) groups is 2. The van der Waals surface area contributed by atoms with Crippen molar-refractivity contribution in [3.05, 3.63) is 0 Å². The predicted molar refractivity (Wildman–Crippen MR) is 74.5 cm³/mol. The van der Waals surface area contributed by atoms with Crippen molar-refractivity contribution in [1.82, 2.24) is 4.90 Å². The standard InChI is InChI=1S/C10H18N6O2S/c11-8(18)6-2-1-3-16(4-6)7(17)5-19-10(14)15-9(12)13/h6H,1-5H2,(H2,11,18)(H5,12,13,14,15). The van der Waals surface area contributed by atoms with Crippen molar-refractivity contribution in [2.45, 2.75) is 12.8 Å². The van der Waals surface area contributed by atoms with Crippen LogP contribution in [0.15, 0.2) is 4.99 Å². The number of guanidine groups is 1. The number of hydrogen-bond acceptors (Lipinski definition) is 4. The van der Waals surface area contributed by atoms with Crippen molar-refractivity contribution in [3.8, 4) is 0 Å². The molecule has 0 radical (unpaired) electrons. The average molecular weight is 286 g/mol. The number of carbonyl (C=O) groups excluding carboxylic acids is 2. The van der Waals surface area contributed by atoms with E-state index in [1.165, 1.54) is 0 Å². The lowest BCUT2D eigenvalue weighted by molar-refractivity contribution is -0.132. The summed E-state index contributed by atoms with van der Waals surface area (Å²) in [4.78, 5) is 28.1. The summed E-state index contributed by atoms with van der Waals surface area (Å²) < 4.78 is 0. The highest BCUT2D eigenvalue weighted by atomic mass is 32.2. The van der Waals surface area contributed by atoms with E-state index < -0.39 is 0 Å². The second kappa shape index (κ2) is 6.98. The second-order valence-electron chi connectivity index (χ2n) is 4.21. The van der Waals surface area contributed by atoms with Crippen molar-refractivity contribution in [3.63, 3.8) is 0 Å². The van der Waals surface area contributed by atoms with Crippen molar-refractivity contribution in [2.75, 3.05) is 18.8 Å². The summed E-state index contributed by atoms with van der Waals surface area (Å²) in [5.74, 6) is -0.942. The minimum atomic E-state index is -0.376. The van der Waals surface area contributed by atoms with Crippen LogP contribution in [0.2, 0.25) is 0 Å². The van der Waals surface area contributed by atoms with E-state index in [4.69, 9.17) is 22.6 Å². The number of amidine groups is 1. The largest absolute Gasteiger partial charge is 0.370 e. The minimum absolute atomic E-state index is 0.0705. The lowest BCUT2D eigenvalue weighted by Gasteiger charge is -2.31. The Kier molecular flexibility index (Phi) is 5.61. The summed E-state index contributed by atoms with van der Waals surface area (Å²) in [6, 6.07) is 0. The zero-order valence-electron chi connectivity index (χ0n) is 10.5. The van der Waals surface area contributed by atoms with Crippen LogP contribution in [0.5, 0.6) is 0 Å². The quantitative estimate of drug-likeness (QED) is 0.373. The first-order valence-electron chi connectivity index (χ1n) is 5.78. The number of amides is 2. The van der Waals surface area contributed by atoms with Gasteiger partial charge < -0.3 is 22.1 Å². The Balaban J connectivity index is 2.43. The first-order chi connectivity index (χ1) is 8.90. The van der Waals surface area contributed by atoms with Crippen molar-refractivity contribution >= 4 is 34.7 Å².